The number of para-hydroxylation sites is 2. The van der Waals surface area contributed by atoms with Crippen LogP contribution in [0.15, 0.2) is 218 Å². The first kappa shape index (κ1) is 31.6. The molecular formula is C52H36N2. The predicted molar refractivity (Wildman–Crippen MR) is 229 cm³/mol. The normalized spacial score (nSPS) is 11.3. The van der Waals surface area contributed by atoms with Crippen LogP contribution in [0.3, 0.4) is 0 Å². The van der Waals surface area contributed by atoms with Crippen LogP contribution in [0.5, 0.6) is 0 Å². The summed E-state index contributed by atoms with van der Waals surface area (Å²) in [4.78, 5) is 2.36. The summed E-state index contributed by atoms with van der Waals surface area (Å²) in [6, 6.07) is 78.8. The Morgan fingerprint density at radius 3 is 1.63 bits per heavy atom. The highest BCUT2D eigenvalue weighted by atomic mass is 15.1. The van der Waals surface area contributed by atoms with Gasteiger partial charge in [0.25, 0.3) is 0 Å². The van der Waals surface area contributed by atoms with E-state index >= 15 is 0 Å². The molecule has 0 bridgehead atoms. The summed E-state index contributed by atoms with van der Waals surface area (Å²) in [6.07, 6.45) is 0. The van der Waals surface area contributed by atoms with Gasteiger partial charge in [-0.05, 0) is 98.8 Å². The topological polar surface area (TPSA) is 8.17 Å². The van der Waals surface area contributed by atoms with Crippen molar-refractivity contribution < 1.29 is 0 Å². The number of benzene rings is 9. The fourth-order valence-corrected chi connectivity index (χ4v) is 8.05. The Hall–Kier alpha value is -7.16. The number of anilines is 3. The molecule has 0 aliphatic rings. The van der Waals surface area contributed by atoms with E-state index in [-0.39, 0.29) is 0 Å². The molecule has 0 amide bonds. The molecule has 9 aromatic carbocycles. The van der Waals surface area contributed by atoms with E-state index in [1.807, 2.05) is 0 Å². The molecule has 2 nitrogen and oxygen atoms in total. The highest BCUT2D eigenvalue weighted by Crippen LogP contribution is 2.43. The van der Waals surface area contributed by atoms with Crippen LogP contribution in [0.1, 0.15) is 0 Å². The number of hydrogen-bond donors (Lipinski definition) is 0. The first-order chi connectivity index (χ1) is 26.8. The van der Waals surface area contributed by atoms with E-state index in [4.69, 9.17) is 0 Å². The van der Waals surface area contributed by atoms with Gasteiger partial charge >= 0.3 is 0 Å². The summed E-state index contributed by atoms with van der Waals surface area (Å²) >= 11 is 0. The molecule has 2 heteroatoms. The van der Waals surface area contributed by atoms with Crippen LogP contribution < -0.4 is 4.90 Å². The molecule has 1 aromatic heterocycles. The van der Waals surface area contributed by atoms with Crippen molar-refractivity contribution in [3.8, 4) is 39.1 Å². The minimum Gasteiger partial charge on any atom is -0.310 e. The minimum absolute atomic E-state index is 1.10. The number of aromatic nitrogens is 1. The maximum Gasteiger partial charge on any atom is 0.0562 e. The molecular weight excluding hydrogens is 653 g/mol. The van der Waals surface area contributed by atoms with Gasteiger partial charge in [0.15, 0.2) is 0 Å². The van der Waals surface area contributed by atoms with Crippen molar-refractivity contribution in [3.63, 3.8) is 0 Å². The molecule has 0 N–H and O–H groups in total. The van der Waals surface area contributed by atoms with Crippen LogP contribution in [-0.2, 0) is 0 Å². The fraction of sp³-hybridized carbons (Fsp3) is 0. The van der Waals surface area contributed by atoms with Gasteiger partial charge in [0.2, 0.25) is 0 Å². The Morgan fingerprint density at radius 1 is 0.315 bits per heavy atom. The Bertz CT molecular complexity index is 2890. The van der Waals surface area contributed by atoms with Gasteiger partial charge in [0.1, 0.15) is 0 Å². The molecule has 10 aromatic rings. The molecule has 0 radical (unpaired) electrons. The number of nitrogens with zero attached hydrogens (tertiary/aromatic N) is 2. The standard InChI is InChI=1S/C52H36N2/c1-4-14-37(15-5-1)38-26-28-41(29-27-38)48-24-13-25-50-52(48)49-35-34-45(36-51(49)54(50)43-20-8-3-9-21-43)53(42-18-6-2-7-19-42)44-32-30-40(31-33-44)47-23-12-17-39-16-10-11-22-46(39)47/h1-36H. The van der Waals surface area contributed by atoms with Crippen molar-refractivity contribution in [2.24, 2.45) is 0 Å². The van der Waals surface area contributed by atoms with Crippen molar-refractivity contribution in [3.05, 3.63) is 218 Å². The molecule has 10 rings (SSSR count). The van der Waals surface area contributed by atoms with E-state index in [0.29, 0.717) is 0 Å². The second kappa shape index (κ2) is 13.4. The Morgan fingerprint density at radius 2 is 0.852 bits per heavy atom. The average Bonchev–Trinajstić information content (AvgIpc) is 3.59. The van der Waals surface area contributed by atoms with E-state index in [9.17, 15) is 0 Å². The van der Waals surface area contributed by atoms with Crippen LogP contribution in [0.2, 0.25) is 0 Å². The fourth-order valence-electron chi connectivity index (χ4n) is 8.05. The van der Waals surface area contributed by atoms with E-state index in [0.717, 1.165) is 28.3 Å². The lowest BCUT2D eigenvalue weighted by atomic mass is 9.97. The van der Waals surface area contributed by atoms with E-state index in [2.05, 4.69) is 228 Å². The summed E-state index contributed by atoms with van der Waals surface area (Å²) in [5.74, 6) is 0. The van der Waals surface area contributed by atoms with E-state index in [1.165, 1.54) is 60.4 Å². The number of rotatable bonds is 7. The quantitative estimate of drug-likeness (QED) is 0.162. The minimum atomic E-state index is 1.10. The predicted octanol–water partition coefficient (Wildman–Crippen LogP) is 14.4. The molecule has 0 aliphatic carbocycles. The molecule has 0 atom stereocenters. The Kier molecular flexibility index (Phi) is 7.85. The summed E-state index contributed by atoms with van der Waals surface area (Å²) in [5.41, 5.74) is 14.1. The largest absolute Gasteiger partial charge is 0.310 e. The highest BCUT2D eigenvalue weighted by molar-refractivity contribution is 6.16. The smallest absolute Gasteiger partial charge is 0.0562 e. The number of hydrogen-bond acceptors (Lipinski definition) is 1. The van der Waals surface area contributed by atoms with Crippen molar-refractivity contribution in [1.29, 1.82) is 0 Å². The molecule has 0 saturated carbocycles. The highest BCUT2D eigenvalue weighted by Gasteiger charge is 2.20. The third-order valence-corrected chi connectivity index (χ3v) is 10.6. The maximum absolute atomic E-state index is 2.42. The molecule has 0 saturated heterocycles. The van der Waals surface area contributed by atoms with E-state index in [1.54, 1.807) is 0 Å². The van der Waals surface area contributed by atoms with Gasteiger partial charge in [-0.1, -0.05) is 164 Å². The third kappa shape index (κ3) is 5.53. The lowest BCUT2D eigenvalue weighted by Crippen LogP contribution is -2.10. The van der Waals surface area contributed by atoms with Crippen LogP contribution in [0, 0.1) is 0 Å². The summed E-state index contributed by atoms with van der Waals surface area (Å²) in [6.45, 7) is 0. The molecule has 54 heavy (non-hydrogen) atoms. The van der Waals surface area contributed by atoms with Gasteiger partial charge in [-0.2, -0.15) is 0 Å². The molecule has 1 heterocycles. The average molecular weight is 689 g/mol. The maximum atomic E-state index is 2.42. The molecule has 0 aliphatic heterocycles. The lowest BCUT2D eigenvalue weighted by Gasteiger charge is -2.26. The van der Waals surface area contributed by atoms with Gasteiger partial charge < -0.3 is 9.47 Å². The third-order valence-electron chi connectivity index (χ3n) is 10.6. The summed E-state index contributed by atoms with van der Waals surface area (Å²) in [5, 5.41) is 4.98. The van der Waals surface area contributed by atoms with Crippen molar-refractivity contribution in [2.75, 3.05) is 4.90 Å². The Balaban J connectivity index is 1.14. The van der Waals surface area contributed by atoms with Crippen LogP contribution in [-0.4, -0.2) is 4.57 Å². The zero-order valence-corrected chi connectivity index (χ0v) is 29.7. The van der Waals surface area contributed by atoms with Gasteiger partial charge in [0, 0.05) is 33.5 Å². The van der Waals surface area contributed by atoms with Crippen LogP contribution >= 0.6 is 0 Å². The monoisotopic (exact) mass is 688 g/mol. The zero-order chi connectivity index (χ0) is 35.8. The van der Waals surface area contributed by atoms with Crippen molar-refractivity contribution in [2.45, 2.75) is 0 Å². The lowest BCUT2D eigenvalue weighted by molar-refractivity contribution is 1.18. The van der Waals surface area contributed by atoms with Crippen molar-refractivity contribution >= 4 is 49.6 Å². The molecule has 254 valence electrons. The molecule has 0 fully saturated rings. The SMILES string of the molecule is c1ccc(-c2ccc(-c3cccc4c3c3ccc(N(c5ccccc5)c5ccc(-c6cccc7ccccc67)cc5)cc3n4-c3ccccc3)cc2)cc1. The second-order valence-corrected chi connectivity index (χ2v) is 13.8. The van der Waals surface area contributed by atoms with Crippen LogP contribution in [0.4, 0.5) is 17.1 Å². The van der Waals surface area contributed by atoms with Gasteiger partial charge in [0.05, 0.1) is 11.0 Å². The summed E-state index contributed by atoms with van der Waals surface area (Å²) in [7, 11) is 0. The van der Waals surface area contributed by atoms with E-state index < -0.39 is 0 Å². The van der Waals surface area contributed by atoms with Crippen molar-refractivity contribution in [1.82, 2.24) is 4.57 Å². The Labute approximate surface area is 315 Å². The first-order valence-corrected chi connectivity index (χ1v) is 18.5. The summed E-state index contributed by atoms with van der Waals surface area (Å²) < 4.78 is 2.42. The first-order valence-electron chi connectivity index (χ1n) is 18.5. The molecule has 0 spiro atoms. The van der Waals surface area contributed by atoms with Gasteiger partial charge in [-0.25, -0.2) is 0 Å². The number of fused-ring (bicyclic) bond motifs is 4. The second-order valence-electron chi connectivity index (χ2n) is 13.8. The van der Waals surface area contributed by atoms with Gasteiger partial charge in [-0.3, -0.25) is 0 Å². The van der Waals surface area contributed by atoms with Crippen LogP contribution in [0.25, 0.3) is 71.6 Å². The zero-order valence-electron chi connectivity index (χ0n) is 29.7. The van der Waals surface area contributed by atoms with Gasteiger partial charge in [-0.15, -0.1) is 0 Å². The molecule has 0 unspecified atom stereocenters.